The molecule has 0 aliphatic heterocycles. The highest BCUT2D eigenvalue weighted by Gasteiger charge is 2.42. The molecule has 0 saturated heterocycles. The smallest absolute Gasteiger partial charge is 0.0627 e. The Morgan fingerprint density at radius 3 is 1.56 bits per heavy atom. The second kappa shape index (κ2) is 15.2. The van der Waals surface area contributed by atoms with Crippen molar-refractivity contribution >= 4 is 32.3 Å². The van der Waals surface area contributed by atoms with Gasteiger partial charge in [-0.1, -0.05) is 231 Å². The van der Waals surface area contributed by atoms with Gasteiger partial charge in [-0.25, -0.2) is 0 Å². The highest BCUT2D eigenvalue weighted by atomic mass is 14.4. The number of hydrogen-bond acceptors (Lipinski definition) is 0. The molecule has 0 heterocycles. The van der Waals surface area contributed by atoms with Gasteiger partial charge in [-0.3, -0.25) is 0 Å². The first-order chi connectivity index (χ1) is 31.5. The predicted molar refractivity (Wildman–Crippen MR) is 273 cm³/mol. The Labute approximate surface area is 377 Å². The van der Waals surface area contributed by atoms with E-state index in [1.807, 2.05) is 0 Å². The summed E-state index contributed by atoms with van der Waals surface area (Å²) in [6.45, 7) is 4.81. The lowest BCUT2D eigenvalue weighted by molar-refractivity contribution is 0.629. The van der Waals surface area contributed by atoms with Crippen LogP contribution in [-0.4, -0.2) is 0 Å². The summed E-state index contributed by atoms with van der Waals surface area (Å²) in [5.41, 5.74) is 18.2. The van der Waals surface area contributed by atoms with Gasteiger partial charge in [0.1, 0.15) is 0 Å². The van der Waals surface area contributed by atoms with E-state index in [9.17, 15) is 0 Å². The molecule has 12 rings (SSSR count). The fourth-order valence-electron chi connectivity index (χ4n) is 11.9. The lowest BCUT2D eigenvalue weighted by Crippen LogP contribution is -2.34. The SMILES string of the molecule is CC1(C)c2ccccc2-c2c1cc(-c1c3ccccc3c(-c3ccc(C(C4=CC=CCC4)(C4=CC=CCC4)c4ccccc4)cc3)c3ccc(-c4ccccc4)cc13)c1ccccc21. The van der Waals surface area contributed by atoms with Crippen molar-refractivity contribution in [3.8, 4) is 44.5 Å². The molecule has 0 aromatic heterocycles. The third-order valence-corrected chi connectivity index (χ3v) is 14.8. The summed E-state index contributed by atoms with van der Waals surface area (Å²) in [6, 6.07) is 69.0. The third kappa shape index (κ3) is 5.82. The van der Waals surface area contributed by atoms with Crippen LogP contribution in [0, 0.1) is 0 Å². The molecule has 0 nitrogen and oxygen atoms in total. The summed E-state index contributed by atoms with van der Waals surface area (Å²) in [5, 5.41) is 7.69. The Balaban J connectivity index is 1.14. The molecule has 0 spiro atoms. The summed E-state index contributed by atoms with van der Waals surface area (Å²) in [4.78, 5) is 0. The Hall–Kier alpha value is -7.28. The van der Waals surface area contributed by atoms with E-state index in [1.54, 1.807) is 0 Å². The molecule has 306 valence electrons. The average Bonchev–Trinajstić information content (AvgIpc) is 3.60. The van der Waals surface area contributed by atoms with Crippen molar-refractivity contribution in [2.24, 2.45) is 0 Å². The summed E-state index contributed by atoms with van der Waals surface area (Å²) in [6.07, 6.45) is 18.2. The summed E-state index contributed by atoms with van der Waals surface area (Å²) < 4.78 is 0. The molecule has 0 fully saturated rings. The van der Waals surface area contributed by atoms with E-state index in [1.165, 1.54) is 110 Å². The summed E-state index contributed by atoms with van der Waals surface area (Å²) >= 11 is 0. The van der Waals surface area contributed by atoms with Crippen LogP contribution >= 0.6 is 0 Å². The zero-order valence-electron chi connectivity index (χ0n) is 36.6. The van der Waals surface area contributed by atoms with E-state index in [2.05, 4.69) is 232 Å². The molecule has 3 aliphatic carbocycles. The molecule has 9 aromatic rings. The molecular formula is C64H50. The largest absolute Gasteiger partial charge is 0.0842 e. The van der Waals surface area contributed by atoms with Crippen LogP contribution in [-0.2, 0) is 10.8 Å². The maximum Gasteiger partial charge on any atom is 0.0627 e. The van der Waals surface area contributed by atoms with Gasteiger partial charge in [0.2, 0.25) is 0 Å². The van der Waals surface area contributed by atoms with Crippen molar-refractivity contribution in [3.05, 3.63) is 252 Å². The van der Waals surface area contributed by atoms with E-state index < -0.39 is 0 Å². The van der Waals surface area contributed by atoms with E-state index in [0.717, 1.165) is 25.7 Å². The van der Waals surface area contributed by atoms with Crippen molar-refractivity contribution in [2.75, 3.05) is 0 Å². The fourth-order valence-corrected chi connectivity index (χ4v) is 11.9. The lowest BCUT2D eigenvalue weighted by atomic mass is 9.61. The maximum atomic E-state index is 2.55. The van der Waals surface area contributed by atoms with Crippen LogP contribution in [0.5, 0.6) is 0 Å². The average molecular weight is 819 g/mol. The predicted octanol–water partition coefficient (Wildman–Crippen LogP) is 17.3. The minimum absolute atomic E-state index is 0.143. The van der Waals surface area contributed by atoms with Crippen LogP contribution in [0.25, 0.3) is 76.8 Å². The van der Waals surface area contributed by atoms with Crippen molar-refractivity contribution < 1.29 is 0 Å². The van der Waals surface area contributed by atoms with E-state index in [0.29, 0.717) is 0 Å². The first-order valence-corrected chi connectivity index (χ1v) is 23.1. The van der Waals surface area contributed by atoms with Crippen LogP contribution in [0.1, 0.15) is 61.8 Å². The Bertz CT molecular complexity index is 3390. The molecule has 0 atom stereocenters. The lowest BCUT2D eigenvalue weighted by Gasteiger charge is -2.41. The summed E-state index contributed by atoms with van der Waals surface area (Å²) in [7, 11) is 0. The van der Waals surface area contributed by atoms with Crippen molar-refractivity contribution in [2.45, 2.75) is 50.4 Å². The first-order valence-electron chi connectivity index (χ1n) is 23.1. The quantitative estimate of drug-likeness (QED) is 0.141. The Morgan fingerprint density at radius 2 is 0.906 bits per heavy atom. The van der Waals surface area contributed by atoms with Gasteiger partial charge in [-0.2, -0.15) is 0 Å². The highest BCUT2D eigenvalue weighted by molar-refractivity contribution is 6.25. The number of allylic oxidation sites excluding steroid dienone is 8. The molecule has 0 amide bonds. The maximum absolute atomic E-state index is 2.55. The Kier molecular flexibility index (Phi) is 9.13. The second-order valence-corrected chi connectivity index (χ2v) is 18.5. The van der Waals surface area contributed by atoms with Gasteiger partial charge in [-0.15, -0.1) is 0 Å². The molecule has 0 radical (unpaired) electrons. The second-order valence-electron chi connectivity index (χ2n) is 18.5. The van der Waals surface area contributed by atoms with Crippen LogP contribution in [0.4, 0.5) is 0 Å². The zero-order valence-corrected chi connectivity index (χ0v) is 36.6. The molecule has 0 unspecified atom stereocenters. The molecule has 9 aromatic carbocycles. The normalized spacial score (nSPS) is 15.3. The molecule has 0 saturated carbocycles. The van der Waals surface area contributed by atoms with E-state index in [4.69, 9.17) is 0 Å². The summed E-state index contributed by atoms with van der Waals surface area (Å²) in [5.74, 6) is 0. The van der Waals surface area contributed by atoms with E-state index in [-0.39, 0.29) is 10.8 Å². The van der Waals surface area contributed by atoms with Crippen molar-refractivity contribution in [1.29, 1.82) is 0 Å². The van der Waals surface area contributed by atoms with Crippen LogP contribution < -0.4 is 0 Å². The molecule has 0 N–H and O–H groups in total. The minimum Gasteiger partial charge on any atom is -0.0842 e. The minimum atomic E-state index is -0.351. The number of hydrogen-bond donors (Lipinski definition) is 0. The third-order valence-electron chi connectivity index (χ3n) is 14.8. The van der Waals surface area contributed by atoms with Crippen molar-refractivity contribution in [3.63, 3.8) is 0 Å². The number of rotatable bonds is 7. The van der Waals surface area contributed by atoms with Gasteiger partial charge in [0.15, 0.2) is 0 Å². The van der Waals surface area contributed by atoms with Gasteiger partial charge in [0.05, 0.1) is 5.41 Å². The molecule has 0 bridgehead atoms. The van der Waals surface area contributed by atoms with Gasteiger partial charge >= 0.3 is 0 Å². The number of benzene rings is 9. The van der Waals surface area contributed by atoms with Gasteiger partial charge < -0.3 is 0 Å². The standard InChI is InChI=1S/C64H50/c1-63(2)58-34-20-19-33-55(58)62-51-30-16-15-29-50(51)57(42-59(62)63)61-53-32-18-17-31-52(53)60(54-40-37-45(41-56(54)61)43-21-7-3-8-22-43)44-35-38-49(39-36-44)64(46-23-9-4-10-24-46,47-25-11-5-12-26-47)48-27-13-6-14-28-48/h3-11,13,15-25,27,29-42H,12,14,26,28H2,1-2H3. The monoisotopic (exact) mass is 818 g/mol. The fraction of sp³-hybridized carbons (Fsp3) is 0.125. The van der Waals surface area contributed by atoms with E-state index >= 15 is 0 Å². The van der Waals surface area contributed by atoms with Crippen molar-refractivity contribution in [1.82, 2.24) is 0 Å². The highest BCUT2D eigenvalue weighted by Crippen LogP contribution is 2.56. The van der Waals surface area contributed by atoms with Gasteiger partial charge in [0, 0.05) is 5.41 Å². The van der Waals surface area contributed by atoms with Gasteiger partial charge in [-0.05, 0) is 137 Å². The number of fused-ring (bicyclic) bond motifs is 7. The Morgan fingerprint density at radius 1 is 0.375 bits per heavy atom. The first kappa shape index (κ1) is 38.4. The zero-order chi connectivity index (χ0) is 42.8. The molecule has 3 aliphatic rings. The van der Waals surface area contributed by atoms with Crippen LogP contribution in [0.2, 0.25) is 0 Å². The van der Waals surface area contributed by atoms with Crippen LogP contribution in [0.15, 0.2) is 230 Å². The van der Waals surface area contributed by atoms with Crippen LogP contribution in [0.3, 0.4) is 0 Å². The van der Waals surface area contributed by atoms with Gasteiger partial charge in [0.25, 0.3) is 0 Å². The topological polar surface area (TPSA) is 0 Å². The molecule has 0 heteroatoms. The molecule has 64 heavy (non-hydrogen) atoms. The molecular weight excluding hydrogens is 769 g/mol.